The smallest absolute Gasteiger partial charge is 0.321 e. The van der Waals surface area contributed by atoms with Crippen LogP contribution < -0.4 is 14.8 Å². The van der Waals surface area contributed by atoms with Crippen molar-refractivity contribution in [2.24, 2.45) is 0 Å². The Morgan fingerprint density at radius 2 is 2.17 bits per heavy atom. The second-order valence-corrected chi connectivity index (χ2v) is 4.25. The first-order valence-corrected chi connectivity index (χ1v) is 5.86. The number of methoxy groups -OCH3 is 2. The van der Waals surface area contributed by atoms with Crippen molar-refractivity contribution < 1.29 is 19.4 Å². The van der Waals surface area contributed by atoms with Crippen molar-refractivity contribution in [2.75, 3.05) is 20.8 Å². The summed E-state index contributed by atoms with van der Waals surface area (Å²) in [4.78, 5) is 11.2. The molecular weight excluding hydrogens is 234 g/mol. The Kier molecular flexibility index (Phi) is 3.72. The summed E-state index contributed by atoms with van der Waals surface area (Å²) in [6.45, 7) is 0.696. The maximum Gasteiger partial charge on any atom is 0.321 e. The first-order valence-electron chi connectivity index (χ1n) is 5.86. The Morgan fingerprint density at radius 3 is 2.78 bits per heavy atom. The van der Waals surface area contributed by atoms with Crippen LogP contribution in [0.2, 0.25) is 0 Å². The van der Waals surface area contributed by atoms with E-state index < -0.39 is 12.0 Å². The average Bonchev–Trinajstić information content (AvgIpc) is 2.86. The van der Waals surface area contributed by atoms with Gasteiger partial charge in [0, 0.05) is 11.5 Å². The Bertz CT molecular complexity index is 447. The second kappa shape index (κ2) is 5.27. The molecule has 0 bridgehead atoms. The molecule has 0 amide bonds. The van der Waals surface area contributed by atoms with Crippen LogP contribution in [0.25, 0.3) is 0 Å². The molecule has 1 fully saturated rings. The molecule has 1 saturated heterocycles. The molecule has 0 radical (unpaired) electrons. The van der Waals surface area contributed by atoms with Gasteiger partial charge in [-0.3, -0.25) is 4.79 Å². The first kappa shape index (κ1) is 12.7. The van der Waals surface area contributed by atoms with Gasteiger partial charge in [-0.2, -0.15) is 0 Å². The fraction of sp³-hybridized carbons (Fsp3) is 0.462. The molecule has 0 unspecified atom stereocenters. The third-order valence-corrected chi connectivity index (χ3v) is 3.32. The molecule has 5 heteroatoms. The Hall–Kier alpha value is -1.75. The Labute approximate surface area is 106 Å². The van der Waals surface area contributed by atoms with Gasteiger partial charge in [0.15, 0.2) is 11.5 Å². The van der Waals surface area contributed by atoms with Crippen LogP contribution in [0.1, 0.15) is 17.9 Å². The van der Waals surface area contributed by atoms with Crippen LogP contribution in [0.3, 0.4) is 0 Å². The van der Waals surface area contributed by atoms with E-state index in [4.69, 9.17) is 9.47 Å². The lowest BCUT2D eigenvalue weighted by Gasteiger charge is -2.20. The predicted molar refractivity (Wildman–Crippen MR) is 66.3 cm³/mol. The number of hydrogen-bond acceptors (Lipinski definition) is 4. The van der Waals surface area contributed by atoms with Crippen LogP contribution in [-0.4, -0.2) is 37.9 Å². The SMILES string of the molecule is COc1cccc([C@@H]2CCN[C@H]2C(=O)O)c1OC. The van der Waals surface area contributed by atoms with Gasteiger partial charge in [-0.25, -0.2) is 0 Å². The summed E-state index contributed by atoms with van der Waals surface area (Å²) in [6, 6.07) is 5.00. The molecular formula is C13H17NO4. The lowest BCUT2D eigenvalue weighted by molar-refractivity contribution is -0.139. The highest BCUT2D eigenvalue weighted by molar-refractivity contribution is 5.76. The van der Waals surface area contributed by atoms with Crippen LogP contribution in [0.15, 0.2) is 18.2 Å². The van der Waals surface area contributed by atoms with E-state index in [0.717, 1.165) is 12.0 Å². The summed E-state index contributed by atoms with van der Waals surface area (Å²) in [5.74, 6) is 0.334. The molecule has 0 saturated carbocycles. The second-order valence-electron chi connectivity index (χ2n) is 4.25. The average molecular weight is 251 g/mol. The minimum atomic E-state index is -0.831. The molecule has 0 aliphatic carbocycles. The van der Waals surface area contributed by atoms with E-state index in [1.165, 1.54) is 0 Å². The Balaban J connectivity index is 2.41. The van der Waals surface area contributed by atoms with E-state index in [1.807, 2.05) is 12.1 Å². The number of aliphatic carboxylic acids is 1. The summed E-state index contributed by atoms with van der Waals surface area (Å²) in [5, 5.41) is 12.2. The number of benzene rings is 1. The maximum atomic E-state index is 11.2. The summed E-state index contributed by atoms with van der Waals surface area (Å²) in [7, 11) is 3.14. The van der Waals surface area contributed by atoms with Crippen LogP contribution >= 0.6 is 0 Å². The van der Waals surface area contributed by atoms with E-state index in [1.54, 1.807) is 20.3 Å². The molecule has 2 N–H and O–H groups in total. The maximum absolute atomic E-state index is 11.2. The van der Waals surface area contributed by atoms with Gasteiger partial charge >= 0.3 is 5.97 Å². The molecule has 18 heavy (non-hydrogen) atoms. The molecule has 98 valence electrons. The van der Waals surface area contributed by atoms with Gasteiger partial charge in [-0.05, 0) is 19.0 Å². The molecule has 0 spiro atoms. The zero-order valence-electron chi connectivity index (χ0n) is 10.5. The number of nitrogens with one attached hydrogen (secondary N) is 1. The van der Waals surface area contributed by atoms with Crippen molar-refractivity contribution in [1.29, 1.82) is 0 Å². The van der Waals surface area contributed by atoms with Crippen LogP contribution in [-0.2, 0) is 4.79 Å². The van der Waals surface area contributed by atoms with E-state index in [9.17, 15) is 9.90 Å². The zero-order valence-corrected chi connectivity index (χ0v) is 10.5. The minimum Gasteiger partial charge on any atom is -0.493 e. The van der Waals surface area contributed by atoms with Gasteiger partial charge in [-0.15, -0.1) is 0 Å². The van der Waals surface area contributed by atoms with E-state index >= 15 is 0 Å². The van der Waals surface area contributed by atoms with Crippen molar-refractivity contribution >= 4 is 5.97 Å². The number of carbonyl (C=O) groups is 1. The number of rotatable bonds is 4. The number of carboxylic acid groups (broad SMARTS) is 1. The highest BCUT2D eigenvalue weighted by Gasteiger charge is 2.35. The normalized spacial score (nSPS) is 22.8. The van der Waals surface area contributed by atoms with Gasteiger partial charge < -0.3 is 19.9 Å². The Morgan fingerprint density at radius 1 is 1.39 bits per heavy atom. The summed E-state index contributed by atoms with van der Waals surface area (Å²) in [5.41, 5.74) is 0.884. The standard InChI is InChI=1S/C13H17NO4/c1-17-10-5-3-4-9(12(10)18-2)8-6-7-14-11(8)13(15)16/h3-5,8,11,14H,6-7H2,1-2H3,(H,15,16)/t8-,11+/m0/s1. The fourth-order valence-corrected chi connectivity index (χ4v) is 2.50. The predicted octanol–water partition coefficient (Wildman–Crippen LogP) is 1.23. The van der Waals surface area contributed by atoms with Crippen molar-refractivity contribution in [3.05, 3.63) is 23.8 Å². The molecule has 1 aliphatic heterocycles. The molecule has 2 atom stereocenters. The van der Waals surface area contributed by atoms with Crippen LogP contribution in [0.4, 0.5) is 0 Å². The minimum absolute atomic E-state index is 0.0902. The molecule has 1 aliphatic rings. The molecule has 5 nitrogen and oxygen atoms in total. The van der Waals surface area contributed by atoms with Gasteiger partial charge in [0.1, 0.15) is 6.04 Å². The van der Waals surface area contributed by atoms with Crippen molar-refractivity contribution in [2.45, 2.75) is 18.4 Å². The third kappa shape index (κ3) is 2.13. The number of hydrogen-bond donors (Lipinski definition) is 2. The molecule has 2 rings (SSSR count). The highest BCUT2D eigenvalue weighted by atomic mass is 16.5. The summed E-state index contributed by atoms with van der Waals surface area (Å²) >= 11 is 0. The van der Waals surface area contributed by atoms with E-state index in [-0.39, 0.29) is 5.92 Å². The number of ether oxygens (including phenoxy) is 2. The first-order chi connectivity index (χ1) is 8.69. The van der Waals surface area contributed by atoms with E-state index in [2.05, 4.69) is 5.32 Å². The number of carboxylic acids is 1. The highest BCUT2D eigenvalue weighted by Crippen LogP contribution is 2.39. The number of para-hydroxylation sites is 1. The van der Waals surface area contributed by atoms with Gasteiger partial charge in [0.25, 0.3) is 0 Å². The van der Waals surface area contributed by atoms with E-state index in [0.29, 0.717) is 18.0 Å². The molecule has 1 aromatic rings. The van der Waals surface area contributed by atoms with Gasteiger partial charge in [0.05, 0.1) is 14.2 Å². The van der Waals surface area contributed by atoms with Gasteiger partial charge in [-0.1, -0.05) is 12.1 Å². The summed E-state index contributed by atoms with van der Waals surface area (Å²) in [6.07, 6.45) is 0.778. The molecule has 0 aromatic heterocycles. The molecule has 1 aromatic carbocycles. The van der Waals surface area contributed by atoms with Crippen molar-refractivity contribution in [1.82, 2.24) is 5.32 Å². The quantitative estimate of drug-likeness (QED) is 0.842. The third-order valence-electron chi connectivity index (χ3n) is 3.32. The zero-order chi connectivity index (χ0) is 13.1. The van der Waals surface area contributed by atoms with Crippen molar-refractivity contribution in [3.8, 4) is 11.5 Å². The summed E-state index contributed by atoms with van der Waals surface area (Å²) < 4.78 is 10.6. The lowest BCUT2D eigenvalue weighted by Crippen LogP contribution is -2.34. The van der Waals surface area contributed by atoms with Crippen molar-refractivity contribution in [3.63, 3.8) is 0 Å². The molecule has 1 heterocycles. The van der Waals surface area contributed by atoms with Crippen LogP contribution in [0.5, 0.6) is 11.5 Å². The van der Waals surface area contributed by atoms with Crippen LogP contribution in [0, 0.1) is 0 Å². The topological polar surface area (TPSA) is 67.8 Å². The van der Waals surface area contributed by atoms with Gasteiger partial charge in [0.2, 0.25) is 0 Å². The monoisotopic (exact) mass is 251 g/mol. The lowest BCUT2D eigenvalue weighted by atomic mass is 9.91. The largest absolute Gasteiger partial charge is 0.493 e. The fourth-order valence-electron chi connectivity index (χ4n) is 2.50.